The maximum absolute atomic E-state index is 11.6. The van der Waals surface area contributed by atoms with Crippen molar-refractivity contribution < 1.29 is 4.55 Å². The maximum atomic E-state index is 11.6. The Morgan fingerprint density at radius 2 is 2.00 bits per heavy atom. The second kappa shape index (κ2) is 8.03. The fraction of sp³-hybridized carbons (Fsp3) is 0.600. The number of halogens is 1. The highest BCUT2D eigenvalue weighted by molar-refractivity contribution is 7.99. The van der Waals surface area contributed by atoms with E-state index in [1.54, 1.807) is 18.1 Å². The van der Waals surface area contributed by atoms with Crippen molar-refractivity contribution in [2.45, 2.75) is 25.3 Å². The van der Waals surface area contributed by atoms with Crippen LogP contribution in [0.4, 0.5) is 5.82 Å². The average Bonchev–Trinajstić information content (AvgIpc) is 2.55. The maximum Gasteiger partial charge on any atom is 0.225 e. The lowest BCUT2D eigenvalue weighted by atomic mass is 10.2. The molecule has 0 bridgehead atoms. The van der Waals surface area contributed by atoms with Crippen molar-refractivity contribution in [1.82, 2.24) is 19.9 Å². The molecule has 9 heteroatoms. The fourth-order valence-electron chi connectivity index (χ4n) is 2.45. The van der Waals surface area contributed by atoms with Crippen molar-refractivity contribution in [3.05, 3.63) is 11.6 Å². The number of hydrogen-bond donors (Lipinski definition) is 0. The van der Waals surface area contributed by atoms with Crippen molar-refractivity contribution in [3.8, 4) is 0 Å². The number of thioether (sulfide) groups is 1. The van der Waals surface area contributed by atoms with Gasteiger partial charge in [0, 0.05) is 0 Å². The summed E-state index contributed by atoms with van der Waals surface area (Å²) < 4.78 is 11.6. The van der Waals surface area contributed by atoms with Gasteiger partial charge in [-0.05, 0) is 29.7 Å². The molecule has 6 nitrogen and oxygen atoms in total. The molecule has 2 aromatic rings. The summed E-state index contributed by atoms with van der Waals surface area (Å²) in [6.45, 7) is 5.79. The third kappa shape index (κ3) is 4.22. The van der Waals surface area contributed by atoms with Crippen LogP contribution in [0, 0.1) is 5.92 Å². The third-order valence-electron chi connectivity index (χ3n) is 3.81. The van der Waals surface area contributed by atoms with E-state index in [0.717, 1.165) is 23.0 Å². The second-order valence-electron chi connectivity index (χ2n) is 6.06. The Morgan fingerprint density at radius 3 is 2.71 bits per heavy atom. The molecule has 0 unspecified atom stereocenters. The molecule has 0 amide bonds. The predicted molar refractivity (Wildman–Crippen MR) is 100 cm³/mol. The Morgan fingerprint density at radius 1 is 1.25 bits per heavy atom. The van der Waals surface area contributed by atoms with Gasteiger partial charge in [-0.25, -0.2) is 15.0 Å². The predicted octanol–water partition coefficient (Wildman–Crippen LogP) is 2.78. The van der Waals surface area contributed by atoms with Gasteiger partial charge in [0.05, 0.1) is 13.1 Å². The van der Waals surface area contributed by atoms with E-state index in [2.05, 4.69) is 38.7 Å². The minimum atomic E-state index is -0.742. The number of fused-ring (bicyclic) bond motifs is 1. The van der Waals surface area contributed by atoms with Gasteiger partial charge in [-0.2, -0.15) is 4.98 Å². The highest BCUT2D eigenvalue weighted by Gasteiger charge is 2.24. The first-order valence-electron chi connectivity index (χ1n) is 7.95. The van der Waals surface area contributed by atoms with E-state index in [9.17, 15) is 4.55 Å². The molecule has 3 heterocycles. The molecule has 0 saturated carbocycles. The highest BCUT2D eigenvalue weighted by atomic mass is 35.5. The Hall–Kier alpha value is -0.830. The summed E-state index contributed by atoms with van der Waals surface area (Å²) >= 11 is 7.09. The van der Waals surface area contributed by atoms with Crippen molar-refractivity contribution in [2.24, 2.45) is 5.92 Å². The summed E-state index contributed by atoms with van der Waals surface area (Å²) in [5, 5.41) is 1.04. The zero-order chi connectivity index (χ0) is 17.1. The molecule has 0 aromatic carbocycles. The van der Waals surface area contributed by atoms with Crippen LogP contribution in [0.2, 0.25) is 5.28 Å². The van der Waals surface area contributed by atoms with Crippen molar-refractivity contribution in [2.75, 3.05) is 35.2 Å². The van der Waals surface area contributed by atoms with Crippen LogP contribution < -0.4 is 4.90 Å². The van der Waals surface area contributed by atoms with Crippen LogP contribution in [0.25, 0.3) is 11.0 Å². The molecule has 1 saturated heterocycles. The molecule has 0 N–H and O–H groups in total. The molecule has 0 aliphatic carbocycles. The first-order chi connectivity index (χ1) is 11.5. The summed E-state index contributed by atoms with van der Waals surface area (Å²) in [5.74, 6) is 3.63. The SMILES string of the molecule is CC(C)CCSc1ncnc2c(N3CC[S+]([O-])CC3)nc(Cl)nc12. The lowest BCUT2D eigenvalue weighted by Crippen LogP contribution is -2.41. The van der Waals surface area contributed by atoms with Crippen LogP contribution in [0.1, 0.15) is 20.3 Å². The Kier molecular flexibility index (Phi) is 6.02. The molecular formula is C15H20ClN5OS2. The number of rotatable bonds is 5. The van der Waals surface area contributed by atoms with E-state index in [1.165, 1.54) is 0 Å². The van der Waals surface area contributed by atoms with Gasteiger partial charge < -0.3 is 9.45 Å². The summed E-state index contributed by atoms with van der Waals surface area (Å²) in [6.07, 6.45) is 2.67. The van der Waals surface area contributed by atoms with Gasteiger partial charge in [0.25, 0.3) is 0 Å². The van der Waals surface area contributed by atoms with Crippen LogP contribution in [0.5, 0.6) is 0 Å². The van der Waals surface area contributed by atoms with Crippen LogP contribution in [0.15, 0.2) is 11.4 Å². The first kappa shape index (κ1) is 18.0. The Balaban J connectivity index is 1.93. The number of nitrogens with zero attached hydrogens (tertiary/aromatic N) is 5. The topological polar surface area (TPSA) is 77.9 Å². The van der Waals surface area contributed by atoms with E-state index in [1.807, 2.05) is 0 Å². The average molecular weight is 386 g/mol. The van der Waals surface area contributed by atoms with Crippen molar-refractivity contribution in [1.29, 1.82) is 0 Å². The first-order valence-corrected chi connectivity index (χ1v) is 10.8. The van der Waals surface area contributed by atoms with E-state index >= 15 is 0 Å². The fourth-order valence-corrected chi connectivity index (χ4v) is 4.85. The molecule has 1 fully saturated rings. The lowest BCUT2D eigenvalue weighted by Gasteiger charge is -2.29. The van der Waals surface area contributed by atoms with Gasteiger partial charge in [0.15, 0.2) is 5.82 Å². The third-order valence-corrected chi connectivity index (χ3v) is 6.27. The summed E-state index contributed by atoms with van der Waals surface area (Å²) in [5.41, 5.74) is 1.42. The van der Waals surface area contributed by atoms with Crippen LogP contribution in [-0.2, 0) is 11.2 Å². The van der Waals surface area contributed by atoms with Gasteiger partial charge in [0.1, 0.15) is 33.9 Å². The minimum Gasteiger partial charge on any atom is -0.616 e. The number of hydrogen-bond acceptors (Lipinski definition) is 7. The molecule has 1 aliphatic rings. The minimum absolute atomic E-state index is 0.199. The van der Waals surface area contributed by atoms with Gasteiger partial charge in [0.2, 0.25) is 5.28 Å². The second-order valence-corrected chi connectivity index (χ2v) is 9.18. The largest absolute Gasteiger partial charge is 0.616 e. The normalized spacial score (nSPS) is 16.3. The van der Waals surface area contributed by atoms with Crippen LogP contribution in [0.3, 0.4) is 0 Å². The molecule has 0 radical (unpaired) electrons. The lowest BCUT2D eigenvalue weighted by molar-refractivity contribution is 0.585. The molecule has 130 valence electrons. The zero-order valence-electron chi connectivity index (χ0n) is 13.7. The molecule has 3 rings (SSSR count). The summed E-state index contributed by atoms with van der Waals surface area (Å²) in [7, 11) is 0. The molecular weight excluding hydrogens is 366 g/mol. The monoisotopic (exact) mass is 385 g/mol. The van der Waals surface area contributed by atoms with E-state index < -0.39 is 11.2 Å². The van der Waals surface area contributed by atoms with Crippen LogP contribution in [-0.4, -0.2) is 54.8 Å². The van der Waals surface area contributed by atoms with E-state index in [-0.39, 0.29) is 5.28 Å². The van der Waals surface area contributed by atoms with Gasteiger partial charge >= 0.3 is 0 Å². The van der Waals surface area contributed by atoms with Crippen molar-refractivity contribution >= 4 is 51.4 Å². The standard InChI is InChI=1S/C15H20ClN5OS2/c1-10(2)3-6-23-14-12-11(17-9-18-14)13(20-15(16)19-12)21-4-7-24(22)8-5-21/h9-10H,3-8H2,1-2H3. The smallest absolute Gasteiger partial charge is 0.225 e. The molecule has 2 aromatic heterocycles. The van der Waals surface area contributed by atoms with E-state index in [0.29, 0.717) is 41.5 Å². The number of aromatic nitrogens is 4. The van der Waals surface area contributed by atoms with Crippen LogP contribution >= 0.6 is 23.4 Å². The van der Waals surface area contributed by atoms with Gasteiger partial charge in [-0.15, -0.1) is 11.8 Å². The van der Waals surface area contributed by atoms with Gasteiger partial charge in [-0.3, -0.25) is 0 Å². The van der Waals surface area contributed by atoms with E-state index in [4.69, 9.17) is 11.6 Å². The van der Waals surface area contributed by atoms with Gasteiger partial charge in [-0.1, -0.05) is 25.0 Å². The highest BCUT2D eigenvalue weighted by Crippen LogP contribution is 2.30. The molecule has 0 spiro atoms. The van der Waals surface area contributed by atoms with Crippen molar-refractivity contribution in [3.63, 3.8) is 0 Å². The molecule has 1 aliphatic heterocycles. The molecule has 24 heavy (non-hydrogen) atoms. The number of anilines is 1. The summed E-state index contributed by atoms with van der Waals surface area (Å²) in [4.78, 5) is 19.6. The Labute approximate surface area is 154 Å². The Bertz CT molecular complexity index is 710. The quantitative estimate of drug-likeness (QED) is 0.339. The zero-order valence-corrected chi connectivity index (χ0v) is 16.1. The molecule has 0 atom stereocenters. The summed E-state index contributed by atoms with van der Waals surface area (Å²) in [6, 6.07) is 0.